The van der Waals surface area contributed by atoms with E-state index in [1.54, 1.807) is 11.3 Å². The van der Waals surface area contributed by atoms with E-state index in [-0.39, 0.29) is 17.8 Å². The van der Waals surface area contributed by atoms with E-state index < -0.39 is 0 Å². The molecule has 0 saturated carbocycles. The summed E-state index contributed by atoms with van der Waals surface area (Å²) in [6, 6.07) is 8.04. The average molecular weight is 346 g/mol. The molecule has 1 fully saturated rings. The van der Waals surface area contributed by atoms with Crippen molar-refractivity contribution in [1.82, 2.24) is 10.2 Å². The minimum atomic E-state index is -0.327. The summed E-state index contributed by atoms with van der Waals surface area (Å²) in [6.07, 6.45) is 5.00. The Morgan fingerprint density at radius 3 is 2.46 bits per heavy atom. The van der Waals surface area contributed by atoms with Gasteiger partial charge in [0.25, 0.3) is 5.91 Å². The standard InChI is InChI=1S/C19H23FN2OS/c20-17-7-5-15(6-8-17)19(23)21-13-18(16-9-12-24-14-16)22-10-3-1-2-4-11-22/h5-9,12,14,18H,1-4,10-11,13H2,(H,21,23)/t18-/m0/s1. The van der Waals surface area contributed by atoms with E-state index in [1.807, 2.05) is 0 Å². The Labute approximate surface area is 146 Å². The molecule has 1 aromatic heterocycles. The molecule has 1 atom stereocenters. The molecule has 0 radical (unpaired) electrons. The van der Waals surface area contributed by atoms with Crippen molar-refractivity contribution in [3.8, 4) is 0 Å². The average Bonchev–Trinajstić information content (AvgIpc) is 2.98. The van der Waals surface area contributed by atoms with Gasteiger partial charge in [-0.15, -0.1) is 0 Å². The van der Waals surface area contributed by atoms with Crippen LogP contribution in [-0.2, 0) is 0 Å². The monoisotopic (exact) mass is 346 g/mol. The van der Waals surface area contributed by atoms with Crippen molar-refractivity contribution >= 4 is 17.2 Å². The number of rotatable bonds is 5. The van der Waals surface area contributed by atoms with Gasteiger partial charge in [-0.2, -0.15) is 11.3 Å². The number of nitrogens with zero attached hydrogens (tertiary/aromatic N) is 1. The van der Waals surface area contributed by atoms with Crippen molar-refractivity contribution < 1.29 is 9.18 Å². The van der Waals surface area contributed by atoms with E-state index in [9.17, 15) is 9.18 Å². The maximum atomic E-state index is 13.0. The van der Waals surface area contributed by atoms with Gasteiger partial charge in [0.2, 0.25) is 0 Å². The highest BCUT2D eigenvalue weighted by molar-refractivity contribution is 7.07. The molecule has 3 rings (SSSR count). The van der Waals surface area contributed by atoms with Gasteiger partial charge in [0, 0.05) is 12.1 Å². The van der Waals surface area contributed by atoms with Crippen LogP contribution in [0.4, 0.5) is 4.39 Å². The highest BCUT2D eigenvalue weighted by Gasteiger charge is 2.22. The van der Waals surface area contributed by atoms with Gasteiger partial charge in [0.15, 0.2) is 0 Å². The first-order valence-electron chi connectivity index (χ1n) is 8.54. The molecule has 1 aromatic carbocycles. The van der Waals surface area contributed by atoms with Crippen LogP contribution >= 0.6 is 11.3 Å². The summed E-state index contributed by atoms with van der Waals surface area (Å²) in [5, 5.41) is 7.28. The molecule has 0 bridgehead atoms. The fraction of sp³-hybridized carbons (Fsp3) is 0.421. The predicted octanol–water partition coefficient (Wildman–Crippen LogP) is 4.23. The Morgan fingerprint density at radius 1 is 1.12 bits per heavy atom. The second kappa shape index (κ2) is 8.40. The highest BCUT2D eigenvalue weighted by Crippen LogP contribution is 2.25. The number of carbonyl (C=O) groups is 1. The van der Waals surface area contributed by atoms with Crippen LogP contribution in [0.15, 0.2) is 41.1 Å². The van der Waals surface area contributed by atoms with Crippen LogP contribution in [0.2, 0.25) is 0 Å². The maximum absolute atomic E-state index is 13.0. The first kappa shape index (κ1) is 17.1. The molecule has 24 heavy (non-hydrogen) atoms. The lowest BCUT2D eigenvalue weighted by atomic mass is 10.1. The number of amides is 1. The van der Waals surface area contributed by atoms with Crippen molar-refractivity contribution in [2.75, 3.05) is 19.6 Å². The number of nitrogens with one attached hydrogen (secondary N) is 1. The Hall–Kier alpha value is -1.72. The lowest BCUT2D eigenvalue weighted by Crippen LogP contribution is -2.38. The normalized spacial score (nSPS) is 17.2. The van der Waals surface area contributed by atoms with Gasteiger partial charge < -0.3 is 5.32 Å². The summed E-state index contributed by atoms with van der Waals surface area (Å²) < 4.78 is 13.0. The van der Waals surface area contributed by atoms with E-state index >= 15 is 0 Å². The SMILES string of the molecule is O=C(NC[C@@H](c1ccsc1)N1CCCCCC1)c1ccc(F)cc1. The predicted molar refractivity (Wildman–Crippen MR) is 95.8 cm³/mol. The first-order valence-corrected chi connectivity index (χ1v) is 9.48. The molecule has 1 amide bonds. The Bertz CT molecular complexity index is 634. The van der Waals surface area contributed by atoms with Gasteiger partial charge in [-0.05, 0) is 72.6 Å². The lowest BCUT2D eigenvalue weighted by molar-refractivity contribution is 0.0933. The summed E-state index contributed by atoms with van der Waals surface area (Å²) in [7, 11) is 0. The van der Waals surface area contributed by atoms with E-state index in [1.165, 1.54) is 55.5 Å². The molecule has 2 aromatic rings. The zero-order valence-electron chi connectivity index (χ0n) is 13.7. The molecule has 0 aliphatic carbocycles. The number of thiophene rings is 1. The molecule has 0 unspecified atom stereocenters. The fourth-order valence-electron chi connectivity index (χ4n) is 3.22. The minimum absolute atomic E-state index is 0.148. The van der Waals surface area contributed by atoms with Gasteiger partial charge in [-0.25, -0.2) is 4.39 Å². The molecule has 1 aliphatic rings. The minimum Gasteiger partial charge on any atom is -0.350 e. The largest absolute Gasteiger partial charge is 0.350 e. The molecule has 2 heterocycles. The molecule has 128 valence electrons. The second-order valence-electron chi connectivity index (χ2n) is 6.24. The van der Waals surface area contributed by atoms with Gasteiger partial charge in [-0.3, -0.25) is 9.69 Å². The third-order valence-electron chi connectivity index (χ3n) is 4.57. The molecule has 1 aliphatic heterocycles. The van der Waals surface area contributed by atoms with Gasteiger partial charge >= 0.3 is 0 Å². The van der Waals surface area contributed by atoms with Crippen molar-refractivity contribution in [2.24, 2.45) is 0 Å². The van der Waals surface area contributed by atoms with Crippen LogP contribution < -0.4 is 5.32 Å². The molecule has 3 nitrogen and oxygen atoms in total. The molecule has 1 N–H and O–H groups in total. The number of hydrogen-bond donors (Lipinski definition) is 1. The summed E-state index contributed by atoms with van der Waals surface area (Å²) in [5.41, 5.74) is 1.76. The second-order valence-corrected chi connectivity index (χ2v) is 7.02. The molecule has 5 heteroatoms. The van der Waals surface area contributed by atoms with Crippen LogP contribution in [0.25, 0.3) is 0 Å². The van der Waals surface area contributed by atoms with E-state index in [0.29, 0.717) is 12.1 Å². The number of benzene rings is 1. The zero-order chi connectivity index (χ0) is 16.8. The number of hydrogen-bond acceptors (Lipinski definition) is 3. The van der Waals surface area contributed by atoms with Crippen molar-refractivity contribution in [2.45, 2.75) is 31.7 Å². The summed E-state index contributed by atoms with van der Waals surface area (Å²) in [6.45, 7) is 2.73. The summed E-state index contributed by atoms with van der Waals surface area (Å²) in [4.78, 5) is 14.8. The quantitative estimate of drug-likeness (QED) is 0.878. The van der Waals surface area contributed by atoms with Crippen molar-refractivity contribution in [1.29, 1.82) is 0 Å². The third-order valence-corrected chi connectivity index (χ3v) is 5.27. The number of likely N-dealkylation sites (tertiary alicyclic amines) is 1. The topological polar surface area (TPSA) is 32.3 Å². The van der Waals surface area contributed by atoms with E-state index in [0.717, 1.165) is 13.1 Å². The van der Waals surface area contributed by atoms with Gasteiger partial charge in [0.1, 0.15) is 5.82 Å². The molecule has 0 spiro atoms. The number of halogens is 1. The molecule has 1 saturated heterocycles. The summed E-state index contributed by atoms with van der Waals surface area (Å²) in [5.74, 6) is -0.475. The van der Waals surface area contributed by atoms with Crippen LogP contribution in [0.3, 0.4) is 0 Å². The lowest BCUT2D eigenvalue weighted by Gasteiger charge is -2.30. The highest BCUT2D eigenvalue weighted by atomic mass is 32.1. The first-order chi connectivity index (χ1) is 11.7. The van der Waals surface area contributed by atoms with E-state index in [4.69, 9.17) is 0 Å². The van der Waals surface area contributed by atoms with Crippen molar-refractivity contribution in [3.63, 3.8) is 0 Å². The number of carbonyl (C=O) groups excluding carboxylic acids is 1. The van der Waals surface area contributed by atoms with Crippen LogP contribution in [0.1, 0.15) is 47.6 Å². The van der Waals surface area contributed by atoms with E-state index in [2.05, 4.69) is 27.0 Å². The third kappa shape index (κ3) is 4.42. The fourth-order valence-corrected chi connectivity index (χ4v) is 3.93. The van der Waals surface area contributed by atoms with Crippen LogP contribution in [0.5, 0.6) is 0 Å². The van der Waals surface area contributed by atoms with Crippen LogP contribution in [0, 0.1) is 5.82 Å². The van der Waals surface area contributed by atoms with Gasteiger partial charge in [-0.1, -0.05) is 12.8 Å². The smallest absolute Gasteiger partial charge is 0.251 e. The van der Waals surface area contributed by atoms with Crippen LogP contribution in [-0.4, -0.2) is 30.4 Å². The maximum Gasteiger partial charge on any atom is 0.251 e. The molecular weight excluding hydrogens is 323 g/mol. The zero-order valence-corrected chi connectivity index (χ0v) is 14.5. The molecular formula is C19H23FN2OS. The Balaban J connectivity index is 1.67. The Kier molecular flexibility index (Phi) is 5.99. The van der Waals surface area contributed by atoms with Crippen molar-refractivity contribution in [3.05, 3.63) is 58.0 Å². The Morgan fingerprint density at radius 2 is 1.83 bits per heavy atom. The van der Waals surface area contributed by atoms with Gasteiger partial charge in [0.05, 0.1) is 6.04 Å². The summed E-state index contributed by atoms with van der Waals surface area (Å²) >= 11 is 1.69.